The predicted octanol–water partition coefficient (Wildman–Crippen LogP) is 2.94. The maximum atomic E-state index is 13.3. The first-order chi connectivity index (χ1) is 13.7. The van der Waals surface area contributed by atoms with Gasteiger partial charge in [0.05, 0.1) is 10.3 Å². The van der Waals surface area contributed by atoms with Crippen molar-refractivity contribution in [1.29, 1.82) is 0 Å². The highest BCUT2D eigenvalue weighted by Crippen LogP contribution is 2.39. The number of likely N-dealkylation sites (N-methyl/N-ethyl adjacent to an activating group) is 1. The van der Waals surface area contributed by atoms with Crippen LogP contribution in [0.1, 0.15) is 53.0 Å². The largest absolute Gasteiger partial charge is 0.444 e. The van der Waals surface area contributed by atoms with Gasteiger partial charge in [0.15, 0.2) is 0 Å². The molecular weight excluding hydrogens is 406 g/mol. The van der Waals surface area contributed by atoms with Crippen LogP contribution in [0.3, 0.4) is 0 Å². The van der Waals surface area contributed by atoms with Crippen LogP contribution in [0.25, 0.3) is 0 Å². The summed E-state index contributed by atoms with van der Waals surface area (Å²) in [6, 6.07) is 4.49. The average Bonchev–Trinajstić information content (AvgIpc) is 2.88. The zero-order chi connectivity index (χ0) is 22.5. The van der Waals surface area contributed by atoms with Crippen LogP contribution in [-0.4, -0.2) is 61.4 Å². The summed E-state index contributed by atoms with van der Waals surface area (Å²) in [6.45, 7) is 9.53. The zero-order valence-electron chi connectivity index (χ0n) is 18.5. The standard InChI is InChI=1S/C21H31N3O5S/c1-20(2,3)29-19(26)23(6)14-8-7-11-24(13-14)30(27,28)15-9-10-17-16(12-15)21(4,5)18(25)22-17/h9-10,12,14H,7-8,11,13H2,1-6H3,(H,22,25). The van der Waals surface area contributed by atoms with Gasteiger partial charge in [0, 0.05) is 31.9 Å². The van der Waals surface area contributed by atoms with E-state index in [1.165, 1.54) is 15.3 Å². The van der Waals surface area contributed by atoms with Gasteiger partial charge in [0.1, 0.15) is 5.60 Å². The molecule has 0 bridgehead atoms. The molecule has 0 radical (unpaired) electrons. The molecule has 0 aromatic heterocycles. The van der Waals surface area contributed by atoms with Gasteiger partial charge in [0.25, 0.3) is 0 Å². The van der Waals surface area contributed by atoms with Crippen molar-refractivity contribution in [3.63, 3.8) is 0 Å². The van der Waals surface area contributed by atoms with Gasteiger partial charge in [0.2, 0.25) is 15.9 Å². The van der Waals surface area contributed by atoms with E-state index < -0.39 is 27.1 Å². The second-order valence-corrected chi connectivity index (χ2v) is 11.5. The number of amides is 2. The molecule has 2 amide bonds. The van der Waals surface area contributed by atoms with Crippen LogP contribution in [0.4, 0.5) is 10.5 Å². The number of ether oxygens (including phenoxy) is 1. The van der Waals surface area contributed by atoms with Crippen LogP contribution in [0.15, 0.2) is 23.1 Å². The molecular formula is C21H31N3O5S. The van der Waals surface area contributed by atoms with E-state index in [-0.39, 0.29) is 23.4 Å². The summed E-state index contributed by atoms with van der Waals surface area (Å²) < 4.78 is 33.5. The molecule has 1 unspecified atom stereocenters. The van der Waals surface area contributed by atoms with Crippen molar-refractivity contribution >= 4 is 27.7 Å². The molecule has 1 N–H and O–H groups in total. The minimum absolute atomic E-state index is 0.149. The van der Waals surface area contributed by atoms with Crippen molar-refractivity contribution in [2.75, 3.05) is 25.5 Å². The quantitative estimate of drug-likeness (QED) is 0.784. The van der Waals surface area contributed by atoms with Gasteiger partial charge >= 0.3 is 6.09 Å². The SMILES string of the molecule is CN(C(=O)OC(C)(C)C)C1CCCN(S(=O)(=O)c2ccc3c(c2)C(C)(C)C(=O)N3)C1. The van der Waals surface area contributed by atoms with E-state index in [0.29, 0.717) is 30.6 Å². The summed E-state index contributed by atoms with van der Waals surface area (Å²) in [5, 5.41) is 2.79. The minimum atomic E-state index is -3.76. The van der Waals surface area contributed by atoms with Crippen LogP contribution < -0.4 is 5.32 Å². The number of sulfonamides is 1. The lowest BCUT2D eigenvalue weighted by molar-refractivity contribution is -0.119. The van der Waals surface area contributed by atoms with Crippen molar-refractivity contribution in [3.05, 3.63) is 23.8 Å². The summed E-state index contributed by atoms with van der Waals surface area (Å²) in [7, 11) is -2.12. The van der Waals surface area contributed by atoms with Crippen LogP contribution in [0.2, 0.25) is 0 Å². The van der Waals surface area contributed by atoms with Gasteiger partial charge in [-0.1, -0.05) is 0 Å². The summed E-state index contributed by atoms with van der Waals surface area (Å²) >= 11 is 0. The third-order valence-corrected chi connectivity index (χ3v) is 7.57. The first kappa shape index (κ1) is 22.6. The van der Waals surface area contributed by atoms with Gasteiger partial charge in [-0.3, -0.25) is 4.79 Å². The molecule has 8 nitrogen and oxygen atoms in total. The van der Waals surface area contributed by atoms with E-state index in [9.17, 15) is 18.0 Å². The average molecular weight is 438 g/mol. The number of anilines is 1. The van der Waals surface area contributed by atoms with Crippen molar-refractivity contribution in [2.24, 2.45) is 0 Å². The zero-order valence-corrected chi connectivity index (χ0v) is 19.3. The van der Waals surface area contributed by atoms with Gasteiger partial charge in [-0.25, -0.2) is 13.2 Å². The number of rotatable bonds is 3. The van der Waals surface area contributed by atoms with Gasteiger partial charge in [-0.15, -0.1) is 0 Å². The molecule has 1 atom stereocenters. The number of hydrogen-bond donors (Lipinski definition) is 1. The Balaban J connectivity index is 1.81. The lowest BCUT2D eigenvalue weighted by Gasteiger charge is -2.37. The molecule has 0 saturated carbocycles. The highest BCUT2D eigenvalue weighted by molar-refractivity contribution is 7.89. The maximum Gasteiger partial charge on any atom is 0.410 e. The van der Waals surface area contributed by atoms with Crippen LogP contribution in [0, 0.1) is 0 Å². The van der Waals surface area contributed by atoms with E-state index in [0.717, 1.165) is 0 Å². The maximum absolute atomic E-state index is 13.3. The first-order valence-electron chi connectivity index (χ1n) is 10.2. The summed E-state index contributed by atoms with van der Waals surface area (Å²) in [4.78, 5) is 26.2. The second-order valence-electron chi connectivity index (χ2n) is 9.54. The third kappa shape index (κ3) is 4.18. The molecule has 1 aromatic carbocycles. The molecule has 1 saturated heterocycles. The molecule has 166 valence electrons. The monoisotopic (exact) mass is 437 g/mol. The molecule has 2 aliphatic heterocycles. The number of fused-ring (bicyclic) bond motifs is 1. The molecule has 9 heteroatoms. The minimum Gasteiger partial charge on any atom is -0.444 e. The van der Waals surface area contributed by atoms with Crippen molar-refractivity contribution < 1.29 is 22.7 Å². The molecule has 1 fully saturated rings. The number of piperidine rings is 1. The van der Waals surface area contributed by atoms with E-state index in [2.05, 4.69) is 5.32 Å². The smallest absolute Gasteiger partial charge is 0.410 e. The van der Waals surface area contributed by atoms with E-state index in [1.807, 2.05) is 0 Å². The first-order valence-corrected chi connectivity index (χ1v) is 11.6. The van der Waals surface area contributed by atoms with Gasteiger partial charge < -0.3 is 15.0 Å². The number of carbonyl (C=O) groups excluding carboxylic acids is 2. The number of nitrogens with zero attached hydrogens (tertiary/aromatic N) is 2. The fourth-order valence-corrected chi connectivity index (χ4v) is 5.34. The van der Waals surface area contributed by atoms with Gasteiger partial charge in [-0.2, -0.15) is 4.31 Å². The lowest BCUT2D eigenvalue weighted by atomic mass is 9.86. The molecule has 2 aliphatic rings. The Labute approximate surface area is 178 Å². The summed E-state index contributed by atoms with van der Waals surface area (Å²) in [5.41, 5.74) is -0.0883. The Bertz CT molecular complexity index is 965. The summed E-state index contributed by atoms with van der Waals surface area (Å²) in [5.74, 6) is -0.149. The van der Waals surface area contributed by atoms with Gasteiger partial charge in [-0.05, 0) is 71.2 Å². The number of carbonyl (C=O) groups is 2. The van der Waals surface area contributed by atoms with Crippen LogP contribution in [-0.2, 0) is 25.0 Å². The predicted molar refractivity (Wildman–Crippen MR) is 114 cm³/mol. The Morgan fingerprint density at radius 3 is 2.60 bits per heavy atom. The highest BCUT2D eigenvalue weighted by Gasteiger charge is 2.40. The van der Waals surface area contributed by atoms with Crippen LogP contribution in [0.5, 0.6) is 0 Å². The fraction of sp³-hybridized carbons (Fsp3) is 0.619. The van der Waals surface area contributed by atoms with Crippen molar-refractivity contribution in [1.82, 2.24) is 9.21 Å². The van der Waals surface area contributed by atoms with E-state index in [1.54, 1.807) is 53.8 Å². The third-order valence-electron chi connectivity index (χ3n) is 5.71. The van der Waals surface area contributed by atoms with Crippen molar-refractivity contribution in [2.45, 2.75) is 69.4 Å². The summed E-state index contributed by atoms with van der Waals surface area (Å²) in [6.07, 6.45) is 0.890. The Morgan fingerprint density at radius 2 is 1.97 bits per heavy atom. The molecule has 1 aromatic rings. The second kappa shape index (κ2) is 7.53. The molecule has 0 aliphatic carbocycles. The molecule has 0 spiro atoms. The lowest BCUT2D eigenvalue weighted by Crippen LogP contribution is -2.51. The fourth-order valence-electron chi connectivity index (χ4n) is 3.80. The van der Waals surface area contributed by atoms with Crippen LogP contribution >= 0.6 is 0 Å². The topological polar surface area (TPSA) is 96.0 Å². The molecule has 3 rings (SSSR count). The number of hydrogen-bond acceptors (Lipinski definition) is 5. The number of benzene rings is 1. The Morgan fingerprint density at radius 1 is 1.30 bits per heavy atom. The Hall–Kier alpha value is -2.13. The highest BCUT2D eigenvalue weighted by atomic mass is 32.2. The van der Waals surface area contributed by atoms with E-state index in [4.69, 9.17) is 4.74 Å². The molecule has 30 heavy (non-hydrogen) atoms. The van der Waals surface area contributed by atoms with E-state index >= 15 is 0 Å². The normalized spacial score (nSPS) is 21.7. The molecule has 2 heterocycles. The number of nitrogens with one attached hydrogen (secondary N) is 1. The Kier molecular flexibility index (Phi) is 5.66. The van der Waals surface area contributed by atoms with Crippen molar-refractivity contribution in [3.8, 4) is 0 Å².